The number of hydrogen-bond acceptors (Lipinski definition) is 2. The van der Waals surface area contributed by atoms with Crippen LogP contribution in [0.2, 0.25) is 0 Å². The Kier molecular flexibility index (Phi) is 2.45. The minimum atomic E-state index is 0.681. The van der Waals surface area contributed by atoms with E-state index in [2.05, 4.69) is 0 Å². The van der Waals surface area contributed by atoms with Gasteiger partial charge in [0.1, 0.15) is 0 Å². The second-order valence-corrected chi connectivity index (χ2v) is 2.60. The van der Waals surface area contributed by atoms with Gasteiger partial charge in [-0.05, 0) is 18.4 Å². The van der Waals surface area contributed by atoms with Gasteiger partial charge in [-0.3, -0.25) is 4.79 Å². The maximum absolute atomic E-state index is 10.2. The molecular formula is C7H8NOS. The molecule has 1 heterocycles. The van der Waals surface area contributed by atoms with Crippen LogP contribution >= 0.6 is 11.3 Å². The Bertz CT molecular complexity index is 195. The largest absolute Gasteiger partial charge is 0.316 e. The van der Waals surface area contributed by atoms with Crippen molar-refractivity contribution in [1.82, 2.24) is 0 Å². The van der Waals surface area contributed by atoms with Gasteiger partial charge in [0.2, 0.25) is 0 Å². The molecule has 0 saturated carbocycles. The summed E-state index contributed by atoms with van der Waals surface area (Å²) in [6.45, 7) is 2.60. The molecule has 0 bridgehead atoms. The molecule has 1 aromatic heterocycles. The van der Waals surface area contributed by atoms with E-state index in [1.54, 1.807) is 11.3 Å². The van der Waals surface area contributed by atoms with Gasteiger partial charge in [-0.1, -0.05) is 0 Å². The minimum absolute atomic E-state index is 0.681. The van der Waals surface area contributed by atoms with Gasteiger partial charge in [-0.2, -0.15) is 11.3 Å². The van der Waals surface area contributed by atoms with Crippen LogP contribution in [0.3, 0.4) is 0 Å². The van der Waals surface area contributed by atoms with Crippen molar-refractivity contribution in [3.63, 3.8) is 0 Å². The summed E-state index contributed by atoms with van der Waals surface area (Å²) in [5.74, 6) is 0. The molecule has 0 spiro atoms. The average molecular weight is 154 g/mol. The highest BCUT2D eigenvalue weighted by atomic mass is 32.1. The highest BCUT2D eigenvalue weighted by Gasteiger charge is 2.01. The van der Waals surface area contributed by atoms with E-state index in [0.717, 1.165) is 5.69 Å². The summed E-state index contributed by atoms with van der Waals surface area (Å²) in [5.41, 5.74) is 0.933. The monoisotopic (exact) mass is 154 g/mol. The first kappa shape index (κ1) is 7.28. The van der Waals surface area contributed by atoms with Gasteiger partial charge < -0.3 is 4.90 Å². The third-order valence-corrected chi connectivity index (χ3v) is 1.92. The summed E-state index contributed by atoms with van der Waals surface area (Å²) in [6, 6.07) is 1.90. The number of carbonyl (C=O) groups excluding carboxylic acids is 1. The first-order valence-corrected chi connectivity index (χ1v) is 4.00. The Labute approximate surface area is 64.1 Å². The van der Waals surface area contributed by atoms with Crippen LogP contribution in [0.1, 0.15) is 6.92 Å². The van der Waals surface area contributed by atoms with E-state index >= 15 is 0 Å². The van der Waals surface area contributed by atoms with Crippen LogP contribution in [-0.4, -0.2) is 13.0 Å². The molecular weight excluding hydrogens is 146 g/mol. The lowest BCUT2D eigenvalue weighted by atomic mass is 10.4. The number of rotatable bonds is 3. The molecule has 0 unspecified atom stereocenters. The summed E-state index contributed by atoms with van der Waals surface area (Å²) in [6.07, 6.45) is 1.84. The Morgan fingerprint density at radius 1 is 1.80 bits per heavy atom. The van der Waals surface area contributed by atoms with E-state index < -0.39 is 0 Å². The maximum Gasteiger partial charge on any atom is 0.316 e. The molecule has 1 radical (unpaired) electrons. The van der Waals surface area contributed by atoms with Crippen LogP contribution < -0.4 is 4.90 Å². The van der Waals surface area contributed by atoms with E-state index in [0.29, 0.717) is 6.54 Å². The molecule has 0 atom stereocenters. The topological polar surface area (TPSA) is 20.3 Å². The molecule has 0 aromatic carbocycles. The Balaban J connectivity index is 2.73. The number of thiophene rings is 1. The molecule has 1 amide bonds. The third-order valence-electron chi connectivity index (χ3n) is 1.24. The third kappa shape index (κ3) is 1.36. The Hall–Kier alpha value is -0.830. The summed E-state index contributed by atoms with van der Waals surface area (Å²) in [5, 5.41) is 3.86. The highest BCUT2D eigenvalue weighted by molar-refractivity contribution is 7.08. The van der Waals surface area contributed by atoms with Gasteiger partial charge in [0.15, 0.2) is 0 Å². The minimum Gasteiger partial charge on any atom is -0.304 e. The average Bonchev–Trinajstić information content (AvgIpc) is 2.43. The Morgan fingerprint density at radius 3 is 3.00 bits per heavy atom. The first-order chi connectivity index (χ1) is 4.88. The lowest BCUT2D eigenvalue weighted by Crippen LogP contribution is -2.18. The van der Waals surface area contributed by atoms with Crippen molar-refractivity contribution in [2.45, 2.75) is 6.92 Å². The van der Waals surface area contributed by atoms with Crippen molar-refractivity contribution in [3.05, 3.63) is 16.8 Å². The number of anilines is 1. The van der Waals surface area contributed by atoms with Crippen LogP contribution in [0.25, 0.3) is 0 Å². The molecule has 0 N–H and O–H groups in total. The lowest BCUT2D eigenvalue weighted by Gasteiger charge is -2.09. The first-order valence-electron chi connectivity index (χ1n) is 3.06. The second kappa shape index (κ2) is 3.37. The van der Waals surface area contributed by atoms with Crippen molar-refractivity contribution in [2.75, 3.05) is 11.4 Å². The van der Waals surface area contributed by atoms with E-state index in [-0.39, 0.29) is 0 Å². The van der Waals surface area contributed by atoms with Gasteiger partial charge in [-0.25, -0.2) is 0 Å². The number of hydrogen-bond donors (Lipinski definition) is 0. The summed E-state index contributed by atoms with van der Waals surface area (Å²) in [4.78, 5) is 11.8. The maximum atomic E-state index is 10.2. The predicted octanol–water partition coefficient (Wildman–Crippen LogP) is 1.64. The molecule has 53 valence electrons. The smallest absolute Gasteiger partial charge is 0.304 e. The highest BCUT2D eigenvalue weighted by Crippen LogP contribution is 2.15. The zero-order valence-corrected chi connectivity index (χ0v) is 6.52. The van der Waals surface area contributed by atoms with E-state index in [4.69, 9.17) is 0 Å². The molecule has 10 heavy (non-hydrogen) atoms. The second-order valence-electron chi connectivity index (χ2n) is 1.82. The molecule has 0 aliphatic heterocycles. The molecule has 1 rings (SSSR count). The molecule has 2 nitrogen and oxygen atoms in total. The molecule has 0 fully saturated rings. The standard InChI is InChI=1S/C7H8NOS/c1-2-8(6-9)7-3-4-10-5-7/h3-5H,2H2,1H3. The molecule has 3 heteroatoms. The van der Waals surface area contributed by atoms with Crippen LogP contribution in [0.5, 0.6) is 0 Å². The Morgan fingerprint density at radius 2 is 2.60 bits per heavy atom. The van der Waals surface area contributed by atoms with Gasteiger partial charge in [0.05, 0.1) is 5.69 Å². The van der Waals surface area contributed by atoms with Crippen molar-refractivity contribution in [2.24, 2.45) is 0 Å². The van der Waals surface area contributed by atoms with Gasteiger partial charge in [0, 0.05) is 11.9 Å². The fourth-order valence-corrected chi connectivity index (χ4v) is 1.35. The van der Waals surface area contributed by atoms with Crippen LogP contribution in [-0.2, 0) is 4.79 Å². The number of nitrogens with zero attached hydrogens (tertiary/aromatic N) is 1. The summed E-state index contributed by atoms with van der Waals surface area (Å²) in [7, 11) is 0. The van der Waals surface area contributed by atoms with E-state index in [1.807, 2.05) is 30.2 Å². The predicted molar refractivity (Wildman–Crippen MR) is 43.0 cm³/mol. The van der Waals surface area contributed by atoms with Gasteiger partial charge in [0.25, 0.3) is 0 Å². The summed E-state index contributed by atoms with van der Waals surface area (Å²) >= 11 is 1.58. The van der Waals surface area contributed by atoms with Crippen LogP contribution in [0.4, 0.5) is 5.69 Å². The van der Waals surface area contributed by atoms with Gasteiger partial charge >= 0.3 is 6.41 Å². The van der Waals surface area contributed by atoms with Crippen LogP contribution in [0, 0.1) is 0 Å². The van der Waals surface area contributed by atoms with Crippen LogP contribution in [0.15, 0.2) is 16.8 Å². The zero-order chi connectivity index (χ0) is 7.40. The molecule has 0 aliphatic carbocycles. The molecule has 0 saturated heterocycles. The molecule has 1 aromatic rings. The lowest BCUT2D eigenvalue weighted by molar-refractivity contribution is 0.552. The molecule has 0 aliphatic rings. The van der Waals surface area contributed by atoms with E-state index in [9.17, 15) is 4.79 Å². The fraction of sp³-hybridized carbons (Fsp3) is 0.286. The zero-order valence-electron chi connectivity index (χ0n) is 5.70. The van der Waals surface area contributed by atoms with E-state index in [1.165, 1.54) is 4.90 Å². The quantitative estimate of drug-likeness (QED) is 0.606. The summed E-state index contributed by atoms with van der Waals surface area (Å²) < 4.78 is 0. The fourth-order valence-electron chi connectivity index (χ4n) is 0.711. The van der Waals surface area contributed by atoms with Gasteiger partial charge in [-0.15, -0.1) is 0 Å². The van der Waals surface area contributed by atoms with Crippen molar-refractivity contribution >= 4 is 23.4 Å². The normalized spacial score (nSPS) is 9.30. The SMILES string of the molecule is CCN([C]=O)c1ccsc1. The van der Waals surface area contributed by atoms with Crippen molar-refractivity contribution in [3.8, 4) is 0 Å². The number of amides is 1. The van der Waals surface area contributed by atoms with Crippen molar-refractivity contribution < 1.29 is 4.79 Å². The van der Waals surface area contributed by atoms with Crippen molar-refractivity contribution in [1.29, 1.82) is 0 Å².